The van der Waals surface area contributed by atoms with Crippen molar-refractivity contribution < 1.29 is 14.3 Å². The van der Waals surface area contributed by atoms with Gasteiger partial charge in [-0.1, -0.05) is 25.1 Å². The second-order valence-electron chi connectivity index (χ2n) is 5.46. The van der Waals surface area contributed by atoms with Crippen molar-refractivity contribution in [1.29, 1.82) is 0 Å². The van der Waals surface area contributed by atoms with Gasteiger partial charge in [0.25, 0.3) is 0 Å². The topological polar surface area (TPSA) is 47.6 Å². The minimum absolute atomic E-state index is 0.131. The van der Waals surface area contributed by atoms with Gasteiger partial charge in [0.1, 0.15) is 5.75 Å². The van der Waals surface area contributed by atoms with E-state index in [9.17, 15) is 4.79 Å². The smallest absolute Gasteiger partial charge is 0.310 e. The van der Waals surface area contributed by atoms with E-state index in [2.05, 4.69) is 18.3 Å². The molecule has 4 heteroatoms. The van der Waals surface area contributed by atoms with Crippen LogP contribution in [0.2, 0.25) is 0 Å². The molecule has 2 heterocycles. The van der Waals surface area contributed by atoms with E-state index >= 15 is 0 Å². The number of benzene rings is 1. The van der Waals surface area contributed by atoms with E-state index in [1.54, 1.807) is 0 Å². The first-order chi connectivity index (χ1) is 9.20. The Morgan fingerprint density at radius 2 is 2.26 bits per heavy atom. The maximum Gasteiger partial charge on any atom is 0.310 e. The number of esters is 1. The van der Waals surface area contributed by atoms with Crippen molar-refractivity contribution in [2.24, 2.45) is 11.8 Å². The number of nitrogens with one attached hydrogen (secondary N) is 1. The molecule has 1 aromatic rings. The third-order valence-electron chi connectivity index (χ3n) is 4.63. The Morgan fingerprint density at radius 3 is 3.05 bits per heavy atom. The van der Waals surface area contributed by atoms with Gasteiger partial charge in [-0.3, -0.25) is 4.79 Å². The minimum Gasteiger partial charge on any atom is -0.493 e. The second-order valence-corrected chi connectivity index (χ2v) is 5.46. The number of methoxy groups -OCH3 is 1. The highest BCUT2D eigenvalue weighted by atomic mass is 16.5. The number of carbonyl (C=O) groups is 1. The van der Waals surface area contributed by atoms with Crippen LogP contribution in [0.5, 0.6) is 5.75 Å². The predicted octanol–water partition coefficient (Wildman–Crippen LogP) is 1.35. The van der Waals surface area contributed by atoms with Crippen LogP contribution in [0.25, 0.3) is 0 Å². The minimum atomic E-state index is -0.206. The molecule has 0 amide bonds. The number of rotatable bonds is 1. The van der Waals surface area contributed by atoms with Crippen LogP contribution in [0.15, 0.2) is 24.3 Å². The molecular formula is C15H19NO3. The van der Waals surface area contributed by atoms with Crippen molar-refractivity contribution in [3.8, 4) is 5.75 Å². The summed E-state index contributed by atoms with van der Waals surface area (Å²) in [4.78, 5) is 12.1. The molecule has 1 saturated heterocycles. The largest absolute Gasteiger partial charge is 0.493 e. The maximum absolute atomic E-state index is 12.1. The standard InChI is InChI=1S/C15H19NO3/c1-10-8-19-13-6-4-3-5-11(13)15(10)9-16-7-12(15)14(17)18-2/h3-6,10,12,16H,7-9H2,1-2H3. The van der Waals surface area contributed by atoms with Crippen LogP contribution in [-0.2, 0) is 14.9 Å². The van der Waals surface area contributed by atoms with Crippen LogP contribution in [-0.4, -0.2) is 32.8 Å². The Morgan fingerprint density at radius 1 is 1.47 bits per heavy atom. The van der Waals surface area contributed by atoms with Crippen LogP contribution >= 0.6 is 0 Å². The van der Waals surface area contributed by atoms with Crippen molar-refractivity contribution in [1.82, 2.24) is 5.32 Å². The number of hydrogen-bond donors (Lipinski definition) is 1. The zero-order chi connectivity index (χ0) is 13.5. The summed E-state index contributed by atoms with van der Waals surface area (Å²) in [5, 5.41) is 3.36. The van der Waals surface area contributed by atoms with Gasteiger partial charge in [-0.05, 0) is 6.07 Å². The molecule has 2 aliphatic heterocycles. The lowest BCUT2D eigenvalue weighted by Crippen LogP contribution is -2.49. The average molecular weight is 261 g/mol. The lowest BCUT2D eigenvalue weighted by Gasteiger charge is -2.43. The van der Waals surface area contributed by atoms with E-state index in [-0.39, 0.29) is 23.2 Å². The zero-order valence-electron chi connectivity index (χ0n) is 11.3. The summed E-state index contributed by atoms with van der Waals surface area (Å²) in [6.45, 7) is 4.27. The van der Waals surface area contributed by atoms with Gasteiger partial charge >= 0.3 is 5.97 Å². The first-order valence-electron chi connectivity index (χ1n) is 6.71. The summed E-state index contributed by atoms with van der Waals surface area (Å²) >= 11 is 0. The summed E-state index contributed by atoms with van der Waals surface area (Å²) in [5.74, 6) is 0.908. The number of hydrogen-bond acceptors (Lipinski definition) is 4. The van der Waals surface area contributed by atoms with E-state index < -0.39 is 0 Å². The van der Waals surface area contributed by atoms with Crippen LogP contribution in [0.1, 0.15) is 12.5 Å². The first kappa shape index (κ1) is 12.5. The van der Waals surface area contributed by atoms with Crippen molar-refractivity contribution >= 4 is 5.97 Å². The highest BCUT2D eigenvalue weighted by molar-refractivity contribution is 5.76. The predicted molar refractivity (Wildman–Crippen MR) is 71.2 cm³/mol. The van der Waals surface area contributed by atoms with Crippen LogP contribution in [0.4, 0.5) is 0 Å². The molecule has 3 rings (SSSR count). The highest BCUT2D eigenvalue weighted by Gasteiger charge is 2.54. The number of ether oxygens (including phenoxy) is 2. The molecule has 3 atom stereocenters. The van der Waals surface area contributed by atoms with Gasteiger partial charge in [-0.2, -0.15) is 0 Å². The Hall–Kier alpha value is -1.55. The molecule has 1 spiro atoms. The summed E-state index contributed by atoms with van der Waals surface area (Å²) in [5.41, 5.74) is 0.927. The fourth-order valence-corrected chi connectivity index (χ4v) is 3.57. The van der Waals surface area contributed by atoms with Gasteiger partial charge in [0, 0.05) is 30.0 Å². The van der Waals surface area contributed by atoms with E-state index in [1.165, 1.54) is 7.11 Å². The van der Waals surface area contributed by atoms with E-state index in [0.717, 1.165) is 17.9 Å². The van der Waals surface area contributed by atoms with Gasteiger partial charge in [-0.25, -0.2) is 0 Å². The quantitative estimate of drug-likeness (QED) is 0.775. The molecule has 2 aliphatic rings. The molecule has 1 aromatic carbocycles. The van der Waals surface area contributed by atoms with E-state index in [4.69, 9.17) is 9.47 Å². The Kier molecular flexibility index (Phi) is 2.97. The molecule has 4 nitrogen and oxygen atoms in total. The molecule has 0 saturated carbocycles. The lowest BCUT2D eigenvalue weighted by atomic mass is 9.63. The molecule has 1 N–H and O–H groups in total. The van der Waals surface area contributed by atoms with Crippen molar-refractivity contribution in [3.05, 3.63) is 29.8 Å². The van der Waals surface area contributed by atoms with E-state index in [1.807, 2.05) is 18.2 Å². The van der Waals surface area contributed by atoms with Gasteiger partial charge in [-0.15, -0.1) is 0 Å². The lowest BCUT2D eigenvalue weighted by molar-refractivity contribution is -0.148. The fourth-order valence-electron chi connectivity index (χ4n) is 3.57. The van der Waals surface area contributed by atoms with E-state index in [0.29, 0.717) is 13.2 Å². The normalized spacial score (nSPS) is 32.7. The third kappa shape index (κ3) is 1.66. The summed E-state index contributed by atoms with van der Waals surface area (Å²) in [7, 11) is 1.46. The molecule has 1 fully saturated rings. The van der Waals surface area contributed by atoms with Crippen molar-refractivity contribution in [2.45, 2.75) is 12.3 Å². The Balaban J connectivity index is 2.13. The maximum atomic E-state index is 12.1. The Labute approximate surface area is 113 Å². The second kappa shape index (κ2) is 4.53. The van der Waals surface area contributed by atoms with Crippen LogP contribution in [0, 0.1) is 11.8 Å². The van der Waals surface area contributed by atoms with Gasteiger partial charge in [0.05, 0.1) is 19.6 Å². The highest BCUT2D eigenvalue weighted by Crippen LogP contribution is 2.48. The molecular weight excluding hydrogens is 242 g/mol. The molecule has 19 heavy (non-hydrogen) atoms. The summed E-state index contributed by atoms with van der Waals surface area (Å²) < 4.78 is 10.8. The third-order valence-corrected chi connectivity index (χ3v) is 4.63. The summed E-state index contributed by atoms with van der Waals surface area (Å²) in [6.07, 6.45) is 0. The van der Waals surface area contributed by atoms with Crippen LogP contribution < -0.4 is 10.1 Å². The van der Waals surface area contributed by atoms with Crippen molar-refractivity contribution in [2.75, 3.05) is 26.8 Å². The molecule has 0 aromatic heterocycles. The molecule has 102 valence electrons. The fraction of sp³-hybridized carbons (Fsp3) is 0.533. The van der Waals surface area contributed by atoms with Gasteiger partial charge in [0.15, 0.2) is 0 Å². The monoisotopic (exact) mass is 261 g/mol. The SMILES string of the molecule is COC(=O)C1CNCC12c1ccccc1OCC2C. The average Bonchev–Trinajstić information content (AvgIpc) is 2.88. The number of carbonyl (C=O) groups excluding carboxylic acids is 1. The van der Waals surface area contributed by atoms with Gasteiger partial charge < -0.3 is 14.8 Å². The van der Waals surface area contributed by atoms with Crippen LogP contribution in [0.3, 0.4) is 0 Å². The first-order valence-corrected chi connectivity index (χ1v) is 6.71. The molecule has 0 bridgehead atoms. The molecule has 0 aliphatic carbocycles. The van der Waals surface area contributed by atoms with Crippen molar-refractivity contribution in [3.63, 3.8) is 0 Å². The van der Waals surface area contributed by atoms with Gasteiger partial charge in [0.2, 0.25) is 0 Å². The molecule has 3 unspecified atom stereocenters. The zero-order valence-corrected chi connectivity index (χ0v) is 11.3. The number of para-hydroxylation sites is 1. The number of fused-ring (bicyclic) bond motifs is 2. The molecule has 0 radical (unpaired) electrons. The Bertz CT molecular complexity index is 502. The summed E-state index contributed by atoms with van der Waals surface area (Å²) in [6, 6.07) is 8.04.